The average molecular weight is 222 g/mol. The highest BCUT2D eigenvalue weighted by atomic mass is 16.5. The number of hydrogen-bond donors (Lipinski definition) is 1. The fourth-order valence-electron chi connectivity index (χ4n) is 1.71. The second kappa shape index (κ2) is 5.54. The highest BCUT2D eigenvalue weighted by molar-refractivity contribution is 5.91. The van der Waals surface area contributed by atoms with Crippen LogP contribution in [0.3, 0.4) is 0 Å². The molecule has 0 aliphatic rings. The first-order valence-electron chi connectivity index (χ1n) is 5.59. The molecule has 0 aromatic heterocycles. The van der Waals surface area contributed by atoms with E-state index in [4.69, 9.17) is 9.84 Å². The largest absolute Gasteiger partial charge is 0.494 e. The molecule has 1 aromatic rings. The van der Waals surface area contributed by atoms with Crippen LogP contribution in [0, 0.1) is 6.92 Å². The van der Waals surface area contributed by atoms with Crippen molar-refractivity contribution in [1.82, 2.24) is 0 Å². The summed E-state index contributed by atoms with van der Waals surface area (Å²) in [7, 11) is 0. The van der Waals surface area contributed by atoms with Gasteiger partial charge in [0.25, 0.3) is 0 Å². The maximum atomic E-state index is 11.1. The van der Waals surface area contributed by atoms with Crippen LogP contribution in [0.4, 0.5) is 0 Å². The molecule has 1 rings (SSSR count). The predicted octanol–water partition coefficient (Wildman–Crippen LogP) is 3.04. The van der Waals surface area contributed by atoms with Crippen LogP contribution in [0.1, 0.15) is 41.8 Å². The summed E-state index contributed by atoms with van der Waals surface area (Å²) in [5.41, 5.74) is 2.00. The summed E-state index contributed by atoms with van der Waals surface area (Å²) in [5.74, 6) is -0.0995. The lowest BCUT2D eigenvalue weighted by Gasteiger charge is -2.11. The van der Waals surface area contributed by atoms with E-state index in [1.54, 1.807) is 13.0 Å². The van der Waals surface area contributed by atoms with Gasteiger partial charge in [-0.25, -0.2) is 4.79 Å². The van der Waals surface area contributed by atoms with Gasteiger partial charge in [0, 0.05) is 0 Å². The number of ether oxygens (including phenoxy) is 1. The van der Waals surface area contributed by atoms with Gasteiger partial charge in [0.15, 0.2) is 0 Å². The van der Waals surface area contributed by atoms with Crippen LogP contribution in [0.15, 0.2) is 12.1 Å². The fourth-order valence-corrected chi connectivity index (χ4v) is 1.71. The lowest BCUT2D eigenvalue weighted by molar-refractivity contribution is 0.0695. The molecule has 0 bridgehead atoms. The second-order valence-corrected chi connectivity index (χ2v) is 3.78. The Morgan fingerprint density at radius 1 is 1.38 bits per heavy atom. The molecule has 3 heteroatoms. The number of rotatable bonds is 5. The van der Waals surface area contributed by atoms with E-state index in [0.29, 0.717) is 18.6 Å². The quantitative estimate of drug-likeness (QED) is 0.832. The monoisotopic (exact) mass is 222 g/mol. The number of benzene rings is 1. The molecule has 88 valence electrons. The van der Waals surface area contributed by atoms with Crippen molar-refractivity contribution in [2.45, 2.75) is 33.6 Å². The first-order chi connectivity index (χ1) is 7.60. The van der Waals surface area contributed by atoms with Gasteiger partial charge in [0.1, 0.15) is 5.75 Å². The molecule has 0 heterocycles. The van der Waals surface area contributed by atoms with Crippen molar-refractivity contribution in [2.75, 3.05) is 6.61 Å². The minimum atomic E-state index is -0.864. The average Bonchev–Trinajstić information content (AvgIpc) is 2.24. The number of aryl methyl sites for hydroxylation is 2. The van der Waals surface area contributed by atoms with Gasteiger partial charge in [0.05, 0.1) is 12.2 Å². The molecule has 0 saturated carbocycles. The summed E-state index contributed by atoms with van der Waals surface area (Å²) >= 11 is 0. The van der Waals surface area contributed by atoms with Crippen molar-refractivity contribution in [3.8, 4) is 5.75 Å². The Balaban J connectivity index is 3.11. The first-order valence-corrected chi connectivity index (χ1v) is 5.59. The Kier molecular flexibility index (Phi) is 4.35. The van der Waals surface area contributed by atoms with Crippen molar-refractivity contribution in [2.24, 2.45) is 0 Å². The molecule has 1 N–H and O–H groups in total. The summed E-state index contributed by atoms with van der Waals surface area (Å²) in [5, 5.41) is 9.10. The third-order valence-electron chi connectivity index (χ3n) is 2.46. The third kappa shape index (κ3) is 2.75. The van der Waals surface area contributed by atoms with E-state index in [1.807, 2.05) is 19.9 Å². The summed E-state index contributed by atoms with van der Waals surface area (Å²) in [6.07, 6.45) is 1.65. The first kappa shape index (κ1) is 12.6. The molecule has 1 aromatic carbocycles. The van der Waals surface area contributed by atoms with Gasteiger partial charge in [-0.15, -0.1) is 0 Å². The molecule has 0 fully saturated rings. The summed E-state index contributed by atoms with van der Waals surface area (Å²) in [4.78, 5) is 11.1. The van der Waals surface area contributed by atoms with E-state index in [1.165, 1.54) is 0 Å². The maximum Gasteiger partial charge on any atom is 0.336 e. The molecule has 0 saturated heterocycles. The van der Waals surface area contributed by atoms with Crippen molar-refractivity contribution in [3.05, 3.63) is 28.8 Å². The number of carbonyl (C=O) groups is 1. The van der Waals surface area contributed by atoms with Gasteiger partial charge in [-0.05, 0) is 43.0 Å². The third-order valence-corrected chi connectivity index (χ3v) is 2.46. The van der Waals surface area contributed by atoms with Gasteiger partial charge in [-0.2, -0.15) is 0 Å². The lowest BCUT2D eigenvalue weighted by atomic mass is 9.99. The van der Waals surface area contributed by atoms with Crippen molar-refractivity contribution in [3.63, 3.8) is 0 Å². The standard InChI is InChI=1S/C13H18O3/c1-4-6-16-11-7-9(3)12(13(14)15)10(5-2)8-11/h7-8H,4-6H2,1-3H3,(H,14,15). The van der Waals surface area contributed by atoms with Gasteiger partial charge < -0.3 is 9.84 Å². The number of carboxylic acids is 1. The Bertz CT molecular complexity index is 383. The summed E-state index contributed by atoms with van der Waals surface area (Å²) in [6, 6.07) is 3.62. The van der Waals surface area contributed by atoms with Crippen LogP contribution < -0.4 is 4.74 Å². The van der Waals surface area contributed by atoms with E-state index in [-0.39, 0.29) is 0 Å². The predicted molar refractivity (Wildman–Crippen MR) is 63.3 cm³/mol. The molecular weight excluding hydrogens is 204 g/mol. The van der Waals surface area contributed by atoms with Crippen LogP contribution in [-0.4, -0.2) is 17.7 Å². The molecule has 0 aliphatic carbocycles. The molecule has 3 nitrogen and oxygen atoms in total. The smallest absolute Gasteiger partial charge is 0.336 e. The molecule has 0 unspecified atom stereocenters. The van der Waals surface area contributed by atoms with Crippen LogP contribution >= 0.6 is 0 Å². The Morgan fingerprint density at radius 3 is 2.56 bits per heavy atom. The molecule has 0 atom stereocenters. The summed E-state index contributed by atoms with van der Waals surface area (Å²) in [6.45, 7) is 6.46. The van der Waals surface area contributed by atoms with Crippen LogP contribution in [0.25, 0.3) is 0 Å². The minimum Gasteiger partial charge on any atom is -0.494 e. The molecular formula is C13H18O3. The minimum absolute atomic E-state index is 0.409. The molecule has 0 amide bonds. The van der Waals surface area contributed by atoms with E-state index in [2.05, 4.69) is 0 Å². The topological polar surface area (TPSA) is 46.5 Å². The molecule has 0 spiro atoms. The Labute approximate surface area is 96.1 Å². The lowest BCUT2D eigenvalue weighted by Crippen LogP contribution is -2.06. The SMILES string of the molecule is CCCOc1cc(C)c(C(=O)O)c(CC)c1. The van der Waals surface area contributed by atoms with Gasteiger partial charge in [-0.1, -0.05) is 13.8 Å². The van der Waals surface area contributed by atoms with Crippen LogP contribution in [0.2, 0.25) is 0 Å². The van der Waals surface area contributed by atoms with Crippen molar-refractivity contribution >= 4 is 5.97 Å². The number of aromatic carboxylic acids is 1. The Hall–Kier alpha value is -1.51. The van der Waals surface area contributed by atoms with Crippen molar-refractivity contribution in [1.29, 1.82) is 0 Å². The zero-order valence-corrected chi connectivity index (χ0v) is 10.0. The van der Waals surface area contributed by atoms with E-state index in [0.717, 1.165) is 23.3 Å². The zero-order valence-electron chi connectivity index (χ0n) is 10.0. The molecule has 0 radical (unpaired) electrons. The second-order valence-electron chi connectivity index (χ2n) is 3.78. The van der Waals surface area contributed by atoms with Gasteiger partial charge >= 0.3 is 5.97 Å². The van der Waals surface area contributed by atoms with Crippen LogP contribution in [-0.2, 0) is 6.42 Å². The van der Waals surface area contributed by atoms with Gasteiger partial charge in [0.2, 0.25) is 0 Å². The number of hydrogen-bond acceptors (Lipinski definition) is 2. The molecule has 16 heavy (non-hydrogen) atoms. The van der Waals surface area contributed by atoms with E-state index < -0.39 is 5.97 Å². The van der Waals surface area contributed by atoms with Crippen molar-refractivity contribution < 1.29 is 14.6 Å². The van der Waals surface area contributed by atoms with Crippen LogP contribution in [0.5, 0.6) is 5.75 Å². The molecule has 0 aliphatic heterocycles. The maximum absolute atomic E-state index is 11.1. The van der Waals surface area contributed by atoms with E-state index >= 15 is 0 Å². The zero-order chi connectivity index (χ0) is 12.1. The fraction of sp³-hybridized carbons (Fsp3) is 0.462. The van der Waals surface area contributed by atoms with Gasteiger partial charge in [-0.3, -0.25) is 0 Å². The highest BCUT2D eigenvalue weighted by Gasteiger charge is 2.13. The summed E-state index contributed by atoms with van der Waals surface area (Å²) < 4.78 is 5.52. The highest BCUT2D eigenvalue weighted by Crippen LogP contribution is 2.23. The normalized spacial score (nSPS) is 10.2. The Morgan fingerprint density at radius 2 is 2.06 bits per heavy atom. The van der Waals surface area contributed by atoms with E-state index in [9.17, 15) is 4.79 Å². The number of carboxylic acid groups (broad SMARTS) is 1.